The fourth-order valence-electron chi connectivity index (χ4n) is 3.53. The summed E-state index contributed by atoms with van der Waals surface area (Å²) in [5.74, 6) is -0.342. The first-order valence-corrected chi connectivity index (χ1v) is 6.34. The van der Waals surface area contributed by atoms with Crippen molar-refractivity contribution in [1.29, 1.82) is 0 Å². The Labute approximate surface area is 95.2 Å². The first-order chi connectivity index (χ1) is 7.79. The SMILES string of the molecule is O=C1C(=O)C2CCCNC2C2NCCCC12. The molecule has 0 amide bonds. The second kappa shape index (κ2) is 3.93. The van der Waals surface area contributed by atoms with Crippen molar-refractivity contribution in [2.24, 2.45) is 11.8 Å². The number of carbonyl (C=O) groups is 2. The molecule has 88 valence electrons. The molecule has 4 nitrogen and oxygen atoms in total. The lowest BCUT2D eigenvalue weighted by Gasteiger charge is -2.46. The van der Waals surface area contributed by atoms with E-state index >= 15 is 0 Å². The van der Waals surface area contributed by atoms with Gasteiger partial charge in [0.25, 0.3) is 0 Å². The third kappa shape index (κ3) is 1.44. The van der Waals surface area contributed by atoms with Crippen molar-refractivity contribution >= 4 is 11.6 Å². The molecule has 0 aromatic heterocycles. The van der Waals surface area contributed by atoms with E-state index in [4.69, 9.17) is 0 Å². The fourth-order valence-corrected chi connectivity index (χ4v) is 3.53. The number of Topliss-reactive ketones (excluding diaryl/α,β-unsaturated/α-hetero) is 2. The number of fused-ring (bicyclic) bond motifs is 3. The van der Waals surface area contributed by atoms with Gasteiger partial charge in [0, 0.05) is 23.9 Å². The number of nitrogens with one attached hydrogen (secondary N) is 2. The largest absolute Gasteiger partial charge is 0.312 e. The van der Waals surface area contributed by atoms with Crippen molar-refractivity contribution in [3.05, 3.63) is 0 Å². The molecule has 2 saturated heterocycles. The zero-order valence-electron chi connectivity index (χ0n) is 9.37. The van der Waals surface area contributed by atoms with Crippen LogP contribution in [0.2, 0.25) is 0 Å². The van der Waals surface area contributed by atoms with E-state index in [1.165, 1.54) is 0 Å². The quantitative estimate of drug-likeness (QED) is 0.561. The van der Waals surface area contributed by atoms with Gasteiger partial charge in [-0.25, -0.2) is 0 Å². The number of rotatable bonds is 0. The molecular weight excluding hydrogens is 204 g/mol. The predicted molar refractivity (Wildman–Crippen MR) is 59.0 cm³/mol. The fraction of sp³-hybridized carbons (Fsp3) is 0.833. The van der Waals surface area contributed by atoms with Crippen molar-refractivity contribution in [2.45, 2.75) is 37.8 Å². The number of hydrogen-bond donors (Lipinski definition) is 2. The van der Waals surface area contributed by atoms with Gasteiger partial charge in [-0.2, -0.15) is 0 Å². The average molecular weight is 222 g/mol. The summed E-state index contributed by atoms with van der Waals surface area (Å²) < 4.78 is 0. The van der Waals surface area contributed by atoms with Crippen LogP contribution in [0.5, 0.6) is 0 Å². The Morgan fingerprint density at radius 1 is 0.812 bits per heavy atom. The van der Waals surface area contributed by atoms with Gasteiger partial charge in [0.05, 0.1) is 0 Å². The van der Waals surface area contributed by atoms with E-state index in [1.807, 2.05) is 0 Å². The van der Waals surface area contributed by atoms with Crippen molar-refractivity contribution in [3.63, 3.8) is 0 Å². The molecule has 1 aliphatic carbocycles. The minimum absolute atomic E-state index is 0.0619. The highest BCUT2D eigenvalue weighted by molar-refractivity contribution is 6.39. The molecule has 0 radical (unpaired) electrons. The lowest BCUT2D eigenvalue weighted by molar-refractivity contribution is -0.147. The minimum atomic E-state index is -0.109. The van der Waals surface area contributed by atoms with Crippen LogP contribution in [-0.2, 0) is 9.59 Å². The topological polar surface area (TPSA) is 58.2 Å². The Hall–Kier alpha value is -0.740. The molecule has 3 fully saturated rings. The summed E-state index contributed by atoms with van der Waals surface area (Å²) in [7, 11) is 0. The third-order valence-electron chi connectivity index (χ3n) is 4.31. The van der Waals surface area contributed by atoms with Crippen LogP contribution >= 0.6 is 0 Å². The lowest BCUT2D eigenvalue weighted by atomic mass is 9.67. The molecule has 16 heavy (non-hydrogen) atoms. The van der Waals surface area contributed by atoms with Crippen molar-refractivity contribution in [1.82, 2.24) is 10.6 Å². The van der Waals surface area contributed by atoms with Crippen LogP contribution in [0.4, 0.5) is 0 Å². The predicted octanol–water partition coefficient (Wildman–Crippen LogP) is -0.125. The first-order valence-electron chi connectivity index (χ1n) is 6.34. The summed E-state index contributed by atoms with van der Waals surface area (Å²) >= 11 is 0. The molecule has 2 aliphatic heterocycles. The molecule has 3 rings (SSSR count). The molecule has 3 aliphatic rings. The summed E-state index contributed by atoms with van der Waals surface area (Å²) in [6.45, 7) is 1.96. The maximum absolute atomic E-state index is 12.0. The van der Waals surface area contributed by atoms with Gasteiger partial charge in [-0.05, 0) is 38.8 Å². The Balaban J connectivity index is 1.90. The standard InChI is InChI=1S/C12H18N2O2/c15-11-7-3-1-5-13-9(7)10-8(12(11)16)4-2-6-14-10/h7-10,13-14H,1-6H2. The molecule has 1 saturated carbocycles. The van der Waals surface area contributed by atoms with Crippen LogP contribution in [0.25, 0.3) is 0 Å². The van der Waals surface area contributed by atoms with Crippen molar-refractivity contribution < 1.29 is 9.59 Å². The maximum atomic E-state index is 12.0. The Morgan fingerprint density at radius 3 is 1.69 bits per heavy atom. The summed E-state index contributed by atoms with van der Waals surface area (Å²) in [5, 5.41) is 6.87. The third-order valence-corrected chi connectivity index (χ3v) is 4.31. The van der Waals surface area contributed by atoms with Crippen LogP contribution in [-0.4, -0.2) is 36.7 Å². The van der Waals surface area contributed by atoms with E-state index in [2.05, 4.69) is 10.6 Å². The molecule has 2 N–H and O–H groups in total. The van der Waals surface area contributed by atoms with Crippen LogP contribution in [0, 0.1) is 11.8 Å². The van der Waals surface area contributed by atoms with Gasteiger partial charge in [-0.3, -0.25) is 9.59 Å². The van der Waals surface area contributed by atoms with Crippen LogP contribution in [0.3, 0.4) is 0 Å². The zero-order valence-corrected chi connectivity index (χ0v) is 9.37. The monoisotopic (exact) mass is 222 g/mol. The summed E-state index contributed by atoms with van der Waals surface area (Å²) in [4.78, 5) is 24.0. The Morgan fingerprint density at radius 2 is 1.25 bits per heavy atom. The number of ketones is 2. The highest BCUT2D eigenvalue weighted by Gasteiger charge is 2.50. The van der Waals surface area contributed by atoms with E-state index in [0.717, 1.165) is 38.8 Å². The summed E-state index contributed by atoms with van der Waals surface area (Å²) in [5.41, 5.74) is 0. The maximum Gasteiger partial charge on any atom is 0.203 e. The molecule has 0 spiro atoms. The minimum Gasteiger partial charge on any atom is -0.312 e. The molecule has 4 heteroatoms. The van der Waals surface area contributed by atoms with Crippen molar-refractivity contribution in [3.8, 4) is 0 Å². The summed E-state index contributed by atoms with van der Waals surface area (Å²) in [6.07, 6.45) is 3.79. The van der Waals surface area contributed by atoms with Crippen LogP contribution in [0.1, 0.15) is 25.7 Å². The average Bonchev–Trinajstić information content (AvgIpc) is 2.36. The van der Waals surface area contributed by atoms with Crippen molar-refractivity contribution in [2.75, 3.05) is 13.1 Å². The molecule has 2 heterocycles. The first kappa shape index (κ1) is 10.4. The smallest absolute Gasteiger partial charge is 0.203 e. The van der Waals surface area contributed by atoms with E-state index in [0.29, 0.717) is 0 Å². The van der Waals surface area contributed by atoms with Gasteiger partial charge in [0.1, 0.15) is 0 Å². The number of hydrogen-bond acceptors (Lipinski definition) is 4. The highest BCUT2D eigenvalue weighted by atomic mass is 16.2. The highest BCUT2D eigenvalue weighted by Crippen LogP contribution is 2.33. The van der Waals surface area contributed by atoms with E-state index in [1.54, 1.807) is 0 Å². The van der Waals surface area contributed by atoms with Gasteiger partial charge < -0.3 is 10.6 Å². The molecule has 0 aromatic rings. The van der Waals surface area contributed by atoms with E-state index < -0.39 is 0 Å². The van der Waals surface area contributed by atoms with Gasteiger partial charge in [0.15, 0.2) is 0 Å². The summed E-state index contributed by atoms with van der Waals surface area (Å²) in [6, 6.07) is 0.397. The second-order valence-electron chi connectivity index (χ2n) is 5.19. The van der Waals surface area contributed by atoms with E-state index in [9.17, 15) is 9.59 Å². The Kier molecular flexibility index (Phi) is 2.56. The van der Waals surface area contributed by atoms with Gasteiger partial charge in [-0.1, -0.05) is 0 Å². The van der Waals surface area contributed by atoms with Gasteiger partial charge in [0.2, 0.25) is 11.6 Å². The molecule has 4 unspecified atom stereocenters. The van der Waals surface area contributed by atoms with Crippen LogP contribution in [0.15, 0.2) is 0 Å². The Bertz CT molecular complexity index is 297. The molecule has 0 aromatic carbocycles. The zero-order chi connectivity index (χ0) is 11.1. The number of carbonyl (C=O) groups excluding carboxylic acids is 2. The van der Waals surface area contributed by atoms with Gasteiger partial charge >= 0.3 is 0 Å². The lowest BCUT2D eigenvalue weighted by Crippen LogP contribution is -2.67. The molecular formula is C12H18N2O2. The second-order valence-corrected chi connectivity index (χ2v) is 5.19. The van der Waals surface area contributed by atoms with E-state index in [-0.39, 0.29) is 35.5 Å². The van der Waals surface area contributed by atoms with Gasteiger partial charge in [-0.15, -0.1) is 0 Å². The molecule has 0 bridgehead atoms. The van der Waals surface area contributed by atoms with Crippen LogP contribution < -0.4 is 10.6 Å². The normalized spacial score (nSPS) is 43.8. The molecule has 4 atom stereocenters. The number of piperidine rings is 2.